The Labute approximate surface area is 160 Å². The molecular weight excluding hydrogens is 365 g/mol. The summed E-state index contributed by atoms with van der Waals surface area (Å²) < 4.78 is 19.0. The van der Waals surface area contributed by atoms with E-state index < -0.39 is 17.6 Å². The third-order valence-corrected chi connectivity index (χ3v) is 3.85. The first-order valence-corrected chi connectivity index (χ1v) is 8.22. The number of ether oxygens (including phenoxy) is 1. The van der Waals surface area contributed by atoms with Crippen molar-refractivity contribution in [1.82, 2.24) is 0 Å². The molecule has 2 N–H and O–H groups in total. The molecule has 7 nitrogen and oxygen atoms in total. The highest BCUT2D eigenvalue weighted by Gasteiger charge is 2.17. The summed E-state index contributed by atoms with van der Waals surface area (Å²) in [5.74, 6) is -1.33. The zero-order valence-electron chi connectivity index (χ0n) is 14.8. The van der Waals surface area contributed by atoms with Gasteiger partial charge in [0.25, 0.3) is 11.6 Å². The van der Waals surface area contributed by atoms with Crippen molar-refractivity contribution in [2.24, 2.45) is 0 Å². The smallest absolute Gasteiger partial charge is 0.321 e. The normalized spacial score (nSPS) is 10.2. The van der Waals surface area contributed by atoms with Crippen molar-refractivity contribution in [2.75, 3.05) is 17.7 Å². The van der Waals surface area contributed by atoms with Crippen molar-refractivity contribution >= 4 is 23.2 Å². The number of hydrogen-bond donors (Lipinski definition) is 2. The molecule has 8 heteroatoms. The Hall–Kier alpha value is -3.94. The van der Waals surface area contributed by atoms with E-state index in [1.165, 1.54) is 49.7 Å². The van der Waals surface area contributed by atoms with Crippen LogP contribution in [0.5, 0.6) is 5.75 Å². The van der Waals surface area contributed by atoms with E-state index in [0.717, 1.165) is 6.07 Å². The molecule has 142 valence electrons. The van der Waals surface area contributed by atoms with E-state index in [9.17, 15) is 19.2 Å². The number of nitrogens with zero attached hydrogens (tertiary/aromatic N) is 1. The number of methoxy groups -OCH3 is 1. The van der Waals surface area contributed by atoms with Crippen LogP contribution in [0.15, 0.2) is 66.9 Å². The Morgan fingerprint density at radius 3 is 2.54 bits per heavy atom. The highest BCUT2D eigenvalue weighted by Crippen LogP contribution is 2.28. The number of carbonyl (C=O) groups is 2. The molecular formula is C20H16FN3O4. The summed E-state index contributed by atoms with van der Waals surface area (Å²) in [4.78, 5) is 24.7. The maximum Gasteiger partial charge on any atom is 0.321 e. The lowest BCUT2D eigenvalue weighted by Gasteiger charge is -2.13. The lowest BCUT2D eigenvalue weighted by Crippen LogP contribution is -2.36. The Kier molecular flexibility index (Phi) is 5.50. The van der Waals surface area contributed by atoms with Crippen LogP contribution >= 0.6 is 0 Å². The molecule has 0 spiro atoms. The van der Waals surface area contributed by atoms with Crippen LogP contribution in [0.2, 0.25) is 0 Å². The fraction of sp³-hybridized carbons (Fsp3) is 0.0500. The molecule has 0 saturated heterocycles. The van der Waals surface area contributed by atoms with Gasteiger partial charge in [-0.15, -0.1) is 0 Å². The number of hydrogen-bond acceptors (Lipinski definition) is 4. The van der Waals surface area contributed by atoms with Gasteiger partial charge >= 0.3 is 5.91 Å². The number of nitrogens with one attached hydrogen (secondary N) is 2. The highest BCUT2D eigenvalue weighted by atomic mass is 19.1. The standard InChI is InChI=1S/C20H16FN3O4/c1-28-18-9-8-15(22-20(26)17-7-2-3-10-24(17)27)12-16(18)23-19(25)13-5-4-6-14(21)11-13/h2-12H,1H3,(H,22,26)(H,23,25). The summed E-state index contributed by atoms with van der Waals surface area (Å²) in [6, 6.07) is 14.3. The molecule has 2 amide bonds. The van der Waals surface area contributed by atoms with E-state index in [-0.39, 0.29) is 16.9 Å². The molecule has 0 atom stereocenters. The number of rotatable bonds is 5. The fourth-order valence-electron chi connectivity index (χ4n) is 2.51. The van der Waals surface area contributed by atoms with E-state index in [0.29, 0.717) is 16.2 Å². The van der Waals surface area contributed by atoms with Crippen LogP contribution in [-0.2, 0) is 0 Å². The van der Waals surface area contributed by atoms with Crippen LogP contribution in [0.4, 0.5) is 15.8 Å². The molecule has 0 unspecified atom stereocenters. The molecule has 1 aromatic heterocycles. The highest BCUT2D eigenvalue weighted by molar-refractivity contribution is 6.06. The maximum absolute atomic E-state index is 13.3. The molecule has 28 heavy (non-hydrogen) atoms. The van der Waals surface area contributed by atoms with Crippen LogP contribution in [-0.4, -0.2) is 18.9 Å². The molecule has 0 aliphatic carbocycles. The topological polar surface area (TPSA) is 94.4 Å². The van der Waals surface area contributed by atoms with Crippen LogP contribution in [0.1, 0.15) is 20.8 Å². The molecule has 3 rings (SSSR count). The van der Waals surface area contributed by atoms with E-state index >= 15 is 0 Å². The van der Waals surface area contributed by atoms with Gasteiger partial charge in [0, 0.05) is 23.4 Å². The summed E-state index contributed by atoms with van der Waals surface area (Å²) in [6.07, 6.45) is 1.22. The van der Waals surface area contributed by atoms with Crippen molar-refractivity contribution < 1.29 is 23.4 Å². The monoisotopic (exact) mass is 381 g/mol. The van der Waals surface area contributed by atoms with Gasteiger partial charge < -0.3 is 20.6 Å². The van der Waals surface area contributed by atoms with Gasteiger partial charge in [-0.25, -0.2) is 4.39 Å². The van der Waals surface area contributed by atoms with E-state index in [1.54, 1.807) is 18.2 Å². The van der Waals surface area contributed by atoms with Gasteiger partial charge in [-0.3, -0.25) is 9.59 Å². The van der Waals surface area contributed by atoms with Crippen LogP contribution in [0.25, 0.3) is 0 Å². The van der Waals surface area contributed by atoms with Crippen molar-refractivity contribution in [3.05, 3.63) is 89.1 Å². The quantitative estimate of drug-likeness (QED) is 0.525. The number of carbonyl (C=O) groups excluding carboxylic acids is 2. The summed E-state index contributed by atoms with van der Waals surface area (Å²) >= 11 is 0. The summed E-state index contributed by atoms with van der Waals surface area (Å²) in [6.45, 7) is 0. The van der Waals surface area contributed by atoms with E-state index in [2.05, 4.69) is 10.6 Å². The number of anilines is 2. The number of amides is 2. The first-order valence-electron chi connectivity index (χ1n) is 8.22. The largest absolute Gasteiger partial charge is 0.618 e. The molecule has 2 aromatic carbocycles. The predicted octanol–water partition coefficient (Wildman–Crippen LogP) is 2.97. The second-order valence-electron chi connectivity index (χ2n) is 5.75. The average molecular weight is 381 g/mol. The number of halogens is 1. The van der Waals surface area contributed by atoms with Gasteiger partial charge in [-0.2, -0.15) is 4.73 Å². The predicted molar refractivity (Wildman–Crippen MR) is 101 cm³/mol. The molecule has 0 radical (unpaired) electrons. The van der Waals surface area contributed by atoms with Crippen molar-refractivity contribution in [2.45, 2.75) is 0 Å². The van der Waals surface area contributed by atoms with Crippen LogP contribution in [0.3, 0.4) is 0 Å². The minimum Gasteiger partial charge on any atom is -0.618 e. The number of pyridine rings is 1. The maximum atomic E-state index is 13.3. The summed E-state index contributed by atoms with van der Waals surface area (Å²) in [5, 5.41) is 16.9. The first kappa shape index (κ1) is 18.8. The van der Waals surface area contributed by atoms with Gasteiger partial charge in [0.2, 0.25) is 0 Å². The molecule has 0 aliphatic heterocycles. The van der Waals surface area contributed by atoms with Crippen molar-refractivity contribution in [3.63, 3.8) is 0 Å². The van der Waals surface area contributed by atoms with E-state index in [1.807, 2.05) is 0 Å². The number of aromatic nitrogens is 1. The second kappa shape index (κ2) is 8.17. The van der Waals surface area contributed by atoms with Crippen LogP contribution in [0, 0.1) is 11.0 Å². The van der Waals surface area contributed by atoms with Gasteiger partial charge in [0.05, 0.1) is 12.8 Å². The van der Waals surface area contributed by atoms with Gasteiger partial charge in [-0.1, -0.05) is 6.07 Å². The molecule has 0 bridgehead atoms. The minimum atomic E-state index is -0.608. The Bertz CT molecular complexity index is 1040. The van der Waals surface area contributed by atoms with Gasteiger partial charge in [0.1, 0.15) is 11.6 Å². The Morgan fingerprint density at radius 2 is 1.82 bits per heavy atom. The third kappa shape index (κ3) is 4.24. The average Bonchev–Trinajstić information content (AvgIpc) is 2.68. The molecule has 3 aromatic rings. The minimum absolute atomic E-state index is 0.0799. The fourth-order valence-corrected chi connectivity index (χ4v) is 2.51. The van der Waals surface area contributed by atoms with Crippen molar-refractivity contribution in [3.8, 4) is 5.75 Å². The SMILES string of the molecule is COc1ccc(NC(=O)c2cccc[n+]2[O-])cc1NC(=O)c1cccc(F)c1. The first-order chi connectivity index (χ1) is 13.5. The third-order valence-electron chi connectivity index (χ3n) is 3.85. The summed E-state index contributed by atoms with van der Waals surface area (Å²) in [5.41, 5.74) is 0.665. The van der Waals surface area contributed by atoms with Crippen molar-refractivity contribution in [1.29, 1.82) is 0 Å². The Balaban J connectivity index is 1.83. The lowest BCUT2D eigenvalue weighted by atomic mass is 10.2. The number of benzene rings is 2. The molecule has 0 aliphatic rings. The van der Waals surface area contributed by atoms with E-state index in [4.69, 9.17) is 4.74 Å². The van der Waals surface area contributed by atoms with Crippen LogP contribution < -0.4 is 20.1 Å². The molecule has 0 fully saturated rings. The lowest BCUT2D eigenvalue weighted by molar-refractivity contribution is -0.607. The second-order valence-corrected chi connectivity index (χ2v) is 5.75. The van der Waals surface area contributed by atoms with Gasteiger partial charge in [0.15, 0.2) is 6.20 Å². The Morgan fingerprint density at radius 1 is 1.00 bits per heavy atom. The zero-order valence-corrected chi connectivity index (χ0v) is 14.8. The van der Waals surface area contributed by atoms with Gasteiger partial charge in [-0.05, 0) is 42.5 Å². The molecule has 1 heterocycles. The zero-order chi connectivity index (χ0) is 20.1. The molecule has 0 saturated carbocycles. The summed E-state index contributed by atoms with van der Waals surface area (Å²) in [7, 11) is 1.43.